The van der Waals surface area contributed by atoms with Gasteiger partial charge in [-0.3, -0.25) is 4.79 Å². The molecule has 1 aliphatic heterocycles. The Morgan fingerprint density at radius 3 is 2.00 bits per heavy atom. The molecule has 0 fully saturated rings. The number of hydrogen-bond acceptors (Lipinski definition) is 4. The van der Waals surface area contributed by atoms with Crippen LogP contribution in [0.2, 0.25) is 0 Å². The number of aliphatic hydroxyl groups is 2. The molecule has 2 rings (SSSR count). The highest BCUT2D eigenvalue weighted by atomic mass is 19.4. The van der Waals surface area contributed by atoms with Gasteiger partial charge in [0.15, 0.2) is 6.10 Å². The lowest BCUT2D eigenvalue weighted by Crippen LogP contribution is -2.69. The topological polar surface area (TPSA) is 73.1 Å². The third kappa shape index (κ3) is 3.66. The molecule has 12 heteroatoms. The van der Waals surface area contributed by atoms with E-state index in [-0.39, 0.29) is 5.56 Å². The largest absolute Gasteiger partial charge is 0.460 e. The number of hydrogen-bond donors (Lipinski definition) is 2. The minimum Gasteiger partial charge on any atom is -0.378 e. The number of aliphatic hydroxyl groups excluding tert-OH is 1. The smallest absolute Gasteiger partial charge is 0.378 e. The van der Waals surface area contributed by atoms with E-state index in [2.05, 4.69) is 5.10 Å². The Bertz CT molecular complexity index is 834. The number of nitrogens with zero attached hydrogens (tertiary/aromatic N) is 2. The SMILES string of the molecule is CC(C)(C)C1=NN(C(=O)[C@@H](O)c2ccccc2)[C@](O)(C(F)(F)C(F)(F)C(F)(F)F)C1. The van der Waals surface area contributed by atoms with Gasteiger partial charge in [-0.25, -0.2) is 0 Å². The molecule has 1 amide bonds. The molecule has 0 radical (unpaired) electrons. The fourth-order valence-corrected chi connectivity index (χ4v) is 2.76. The second-order valence-corrected chi connectivity index (χ2v) is 7.90. The summed E-state index contributed by atoms with van der Waals surface area (Å²) >= 11 is 0. The summed E-state index contributed by atoms with van der Waals surface area (Å²) in [5.41, 5.74) is -6.15. The number of carbonyl (C=O) groups is 1. The fourth-order valence-electron chi connectivity index (χ4n) is 2.76. The van der Waals surface area contributed by atoms with E-state index in [9.17, 15) is 45.7 Å². The molecule has 0 aromatic heterocycles. The van der Waals surface area contributed by atoms with Gasteiger partial charge in [0.1, 0.15) is 0 Å². The van der Waals surface area contributed by atoms with Crippen molar-refractivity contribution in [3.63, 3.8) is 0 Å². The maximum absolute atomic E-state index is 14.6. The van der Waals surface area contributed by atoms with E-state index in [1.54, 1.807) is 0 Å². The Morgan fingerprint density at radius 2 is 1.57 bits per heavy atom. The van der Waals surface area contributed by atoms with Crippen molar-refractivity contribution < 1.29 is 45.7 Å². The molecule has 0 bridgehead atoms. The van der Waals surface area contributed by atoms with Gasteiger partial charge < -0.3 is 10.2 Å². The number of alkyl halides is 7. The predicted octanol–water partition coefficient (Wildman–Crippen LogP) is 3.88. The molecule has 0 spiro atoms. The summed E-state index contributed by atoms with van der Waals surface area (Å²) in [6.07, 6.45) is -10.5. The van der Waals surface area contributed by atoms with E-state index in [1.165, 1.54) is 51.1 Å². The zero-order valence-electron chi connectivity index (χ0n) is 16.0. The van der Waals surface area contributed by atoms with Gasteiger partial charge in [0.25, 0.3) is 5.91 Å². The first-order chi connectivity index (χ1) is 13.4. The van der Waals surface area contributed by atoms with Gasteiger partial charge in [0, 0.05) is 17.5 Å². The van der Waals surface area contributed by atoms with Gasteiger partial charge in [0.05, 0.1) is 0 Å². The van der Waals surface area contributed by atoms with Crippen LogP contribution in [0.15, 0.2) is 35.4 Å². The number of halogens is 7. The van der Waals surface area contributed by atoms with Crippen LogP contribution in [0.5, 0.6) is 0 Å². The summed E-state index contributed by atoms with van der Waals surface area (Å²) in [6, 6.07) is 6.58. The second kappa shape index (κ2) is 7.19. The van der Waals surface area contributed by atoms with E-state index in [4.69, 9.17) is 0 Å². The van der Waals surface area contributed by atoms with Crippen LogP contribution in [-0.2, 0) is 4.79 Å². The number of rotatable bonds is 4. The first-order valence-corrected chi connectivity index (χ1v) is 8.57. The van der Waals surface area contributed by atoms with Crippen LogP contribution in [0.25, 0.3) is 0 Å². The van der Waals surface area contributed by atoms with E-state index >= 15 is 0 Å². The molecule has 5 nitrogen and oxygen atoms in total. The molecule has 0 unspecified atom stereocenters. The van der Waals surface area contributed by atoms with Crippen LogP contribution < -0.4 is 0 Å². The second-order valence-electron chi connectivity index (χ2n) is 7.90. The van der Waals surface area contributed by atoms with Crippen molar-refractivity contribution in [3.8, 4) is 0 Å². The number of amides is 1. The lowest BCUT2D eigenvalue weighted by atomic mass is 9.83. The van der Waals surface area contributed by atoms with E-state index in [0.717, 1.165) is 0 Å². The maximum atomic E-state index is 14.6. The summed E-state index contributed by atoms with van der Waals surface area (Å²) in [5, 5.41) is 23.5. The van der Waals surface area contributed by atoms with Crippen molar-refractivity contribution in [1.29, 1.82) is 0 Å². The highest BCUT2D eigenvalue weighted by Gasteiger charge is 2.82. The maximum Gasteiger partial charge on any atom is 0.460 e. The molecule has 1 aliphatic rings. The summed E-state index contributed by atoms with van der Waals surface area (Å²) in [6.45, 7) is 4.11. The molecule has 2 atom stereocenters. The zero-order valence-corrected chi connectivity index (χ0v) is 16.0. The number of carbonyl (C=O) groups excluding carboxylic acids is 1. The third-order valence-electron chi connectivity index (χ3n) is 4.66. The van der Waals surface area contributed by atoms with Crippen LogP contribution in [0.1, 0.15) is 38.9 Å². The van der Waals surface area contributed by atoms with Gasteiger partial charge in [0.2, 0.25) is 5.72 Å². The molecule has 2 N–H and O–H groups in total. The van der Waals surface area contributed by atoms with Crippen molar-refractivity contribution >= 4 is 11.6 Å². The van der Waals surface area contributed by atoms with Crippen molar-refractivity contribution in [1.82, 2.24) is 5.01 Å². The molecule has 168 valence electrons. The zero-order chi connectivity index (χ0) is 23.3. The minimum absolute atomic E-state index is 0.171. The lowest BCUT2D eigenvalue weighted by molar-refractivity contribution is -0.401. The summed E-state index contributed by atoms with van der Waals surface area (Å²) in [4.78, 5) is 12.6. The van der Waals surface area contributed by atoms with Gasteiger partial charge in [-0.05, 0) is 5.56 Å². The molecular formula is C18H19F7N2O3. The van der Waals surface area contributed by atoms with Crippen LogP contribution in [0, 0.1) is 5.41 Å². The first-order valence-electron chi connectivity index (χ1n) is 8.57. The molecule has 1 aromatic carbocycles. The molecule has 0 saturated carbocycles. The lowest BCUT2D eigenvalue weighted by Gasteiger charge is -2.41. The summed E-state index contributed by atoms with van der Waals surface area (Å²) in [7, 11) is 0. The Kier molecular flexibility index (Phi) is 5.77. The molecule has 30 heavy (non-hydrogen) atoms. The van der Waals surface area contributed by atoms with Crippen LogP contribution in [-0.4, -0.2) is 50.6 Å². The molecule has 1 heterocycles. The van der Waals surface area contributed by atoms with Gasteiger partial charge >= 0.3 is 18.0 Å². The Labute approximate surface area is 166 Å². The van der Waals surface area contributed by atoms with Crippen LogP contribution >= 0.6 is 0 Å². The third-order valence-corrected chi connectivity index (χ3v) is 4.66. The van der Waals surface area contributed by atoms with Gasteiger partial charge in [-0.1, -0.05) is 51.1 Å². The highest BCUT2D eigenvalue weighted by Crippen LogP contribution is 2.55. The van der Waals surface area contributed by atoms with Crippen molar-refractivity contribution in [2.45, 2.75) is 57.0 Å². The number of benzene rings is 1. The van der Waals surface area contributed by atoms with E-state index < -0.39 is 58.3 Å². The molecule has 0 saturated heterocycles. The fraction of sp³-hybridized carbons (Fsp3) is 0.556. The van der Waals surface area contributed by atoms with E-state index in [0.29, 0.717) is 0 Å². The quantitative estimate of drug-likeness (QED) is 0.693. The van der Waals surface area contributed by atoms with Crippen molar-refractivity contribution in [3.05, 3.63) is 35.9 Å². The summed E-state index contributed by atoms with van der Waals surface area (Å²) in [5.74, 6) is -14.7. The van der Waals surface area contributed by atoms with Gasteiger partial charge in [-0.2, -0.15) is 40.8 Å². The highest BCUT2D eigenvalue weighted by molar-refractivity contribution is 5.95. The van der Waals surface area contributed by atoms with Crippen molar-refractivity contribution in [2.24, 2.45) is 10.5 Å². The molecular weight excluding hydrogens is 425 g/mol. The van der Waals surface area contributed by atoms with E-state index in [1.807, 2.05) is 0 Å². The standard InChI is InChI=1S/C18H19F7N2O3/c1-14(2,3)11-9-15(30,16(19,20)17(21,22)18(23,24)25)27(26-11)13(29)12(28)10-7-5-4-6-8-10/h4-8,12,28,30H,9H2,1-3H3/t12-,15+/m0/s1. The molecule has 0 aliphatic carbocycles. The Balaban J connectivity index is 2.61. The summed E-state index contributed by atoms with van der Waals surface area (Å²) < 4.78 is 94.6. The number of hydrazone groups is 1. The average Bonchev–Trinajstić information content (AvgIpc) is 3.00. The minimum atomic E-state index is -6.73. The first kappa shape index (κ1) is 24.1. The normalized spacial score (nSPS) is 22.1. The Hall–Kier alpha value is -2.21. The van der Waals surface area contributed by atoms with Crippen LogP contribution in [0.3, 0.4) is 0 Å². The Morgan fingerprint density at radius 1 is 1.07 bits per heavy atom. The van der Waals surface area contributed by atoms with Crippen molar-refractivity contribution in [2.75, 3.05) is 0 Å². The predicted molar refractivity (Wildman–Crippen MR) is 90.7 cm³/mol. The monoisotopic (exact) mass is 444 g/mol. The average molecular weight is 444 g/mol. The molecule has 1 aromatic rings. The van der Waals surface area contributed by atoms with Gasteiger partial charge in [-0.15, -0.1) is 0 Å². The van der Waals surface area contributed by atoms with Crippen LogP contribution in [0.4, 0.5) is 30.7 Å².